The first-order chi connectivity index (χ1) is 11.6. The summed E-state index contributed by atoms with van der Waals surface area (Å²) < 4.78 is 1.10. The van der Waals surface area contributed by atoms with Gasteiger partial charge in [-0.2, -0.15) is 0 Å². The van der Waals surface area contributed by atoms with Crippen molar-refractivity contribution in [3.05, 3.63) is 64.3 Å². The van der Waals surface area contributed by atoms with Crippen LogP contribution in [0.2, 0.25) is 5.02 Å². The van der Waals surface area contributed by atoms with Crippen LogP contribution in [-0.4, -0.2) is 49.1 Å². The lowest BCUT2D eigenvalue weighted by atomic mass is 9.90. The summed E-state index contributed by atoms with van der Waals surface area (Å²) in [7, 11) is 2.20. The Balaban J connectivity index is 1.82. The number of hydrogen-bond donors (Lipinski definition) is 1. The lowest BCUT2D eigenvalue weighted by Gasteiger charge is -2.42. The SMILES string of the molecule is CN1CCN([C@H]2c3ccc(Cl)cc3C(Br)=CC3=CC=CNC32)CC1. The fraction of sp³-hybridized carbons (Fsp3) is 0.368. The van der Waals surface area contributed by atoms with Gasteiger partial charge in [0.1, 0.15) is 0 Å². The van der Waals surface area contributed by atoms with Crippen molar-refractivity contribution in [3.63, 3.8) is 0 Å². The second kappa shape index (κ2) is 6.68. The van der Waals surface area contributed by atoms with Gasteiger partial charge in [0.2, 0.25) is 0 Å². The van der Waals surface area contributed by atoms with Crippen molar-refractivity contribution in [3.8, 4) is 0 Å². The number of fused-ring (bicyclic) bond motifs is 2. The number of benzene rings is 1. The summed E-state index contributed by atoms with van der Waals surface area (Å²) in [6.45, 7) is 4.37. The number of nitrogens with one attached hydrogen (secondary N) is 1. The van der Waals surface area contributed by atoms with Gasteiger partial charge in [-0.1, -0.05) is 39.7 Å². The van der Waals surface area contributed by atoms with Gasteiger partial charge >= 0.3 is 0 Å². The monoisotopic (exact) mass is 405 g/mol. The molecule has 0 spiro atoms. The molecule has 3 nitrogen and oxygen atoms in total. The molecule has 1 aromatic carbocycles. The molecule has 1 fully saturated rings. The highest BCUT2D eigenvalue weighted by Crippen LogP contribution is 2.41. The van der Waals surface area contributed by atoms with Crippen LogP contribution in [0.5, 0.6) is 0 Å². The Morgan fingerprint density at radius 2 is 2.00 bits per heavy atom. The van der Waals surface area contributed by atoms with Crippen LogP contribution in [0, 0.1) is 0 Å². The molecule has 2 aliphatic heterocycles. The highest BCUT2D eigenvalue weighted by molar-refractivity contribution is 9.15. The van der Waals surface area contributed by atoms with E-state index in [1.165, 1.54) is 16.7 Å². The van der Waals surface area contributed by atoms with Crippen LogP contribution in [0.4, 0.5) is 0 Å². The van der Waals surface area contributed by atoms with Crippen molar-refractivity contribution in [2.45, 2.75) is 12.1 Å². The number of rotatable bonds is 1. The molecule has 0 amide bonds. The van der Waals surface area contributed by atoms with E-state index in [1.54, 1.807) is 0 Å². The van der Waals surface area contributed by atoms with Crippen LogP contribution in [0.15, 0.2) is 48.2 Å². The maximum Gasteiger partial charge on any atom is 0.0706 e. The zero-order valence-electron chi connectivity index (χ0n) is 13.7. The number of likely N-dealkylation sites (N-methyl/N-ethyl adjacent to an activating group) is 1. The van der Waals surface area contributed by atoms with E-state index in [4.69, 9.17) is 11.6 Å². The molecule has 1 aromatic rings. The average molecular weight is 407 g/mol. The van der Waals surface area contributed by atoms with E-state index in [0.717, 1.165) is 35.7 Å². The minimum Gasteiger partial charge on any atom is -0.382 e. The van der Waals surface area contributed by atoms with Gasteiger partial charge in [0.15, 0.2) is 0 Å². The topological polar surface area (TPSA) is 18.5 Å². The molecule has 1 saturated heterocycles. The third-order valence-electron chi connectivity index (χ3n) is 5.15. The van der Waals surface area contributed by atoms with Crippen molar-refractivity contribution in [2.75, 3.05) is 33.2 Å². The number of halogens is 2. The van der Waals surface area contributed by atoms with E-state index in [1.807, 2.05) is 6.07 Å². The highest BCUT2D eigenvalue weighted by Gasteiger charge is 2.36. The van der Waals surface area contributed by atoms with Crippen LogP contribution in [0.25, 0.3) is 4.48 Å². The predicted molar refractivity (Wildman–Crippen MR) is 104 cm³/mol. The van der Waals surface area contributed by atoms with E-state index in [-0.39, 0.29) is 6.04 Å². The van der Waals surface area contributed by atoms with E-state index in [2.05, 4.69) is 74.7 Å². The third-order valence-corrected chi connectivity index (χ3v) is 6.04. The normalized spacial score (nSPS) is 27.5. The van der Waals surface area contributed by atoms with E-state index >= 15 is 0 Å². The number of dihydropyridines is 1. The first kappa shape index (κ1) is 16.4. The standard InChI is InChI=1S/C19H21BrClN3/c1-23-7-9-24(10-8-23)19-15-5-4-14(21)12-16(15)17(20)11-13-3-2-6-22-18(13)19/h2-6,11-12,18-19,22H,7-10H2,1H3/t18?,19-/m0/s1. The molecular formula is C19H21BrClN3. The minimum atomic E-state index is 0.258. The zero-order chi connectivity index (χ0) is 16.7. The quantitative estimate of drug-likeness (QED) is 0.765. The summed E-state index contributed by atoms with van der Waals surface area (Å²) in [5.74, 6) is 0. The summed E-state index contributed by atoms with van der Waals surface area (Å²) >= 11 is 10.1. The van der Waals surface area contributed by atoms with Gasteiger partial charge in [0, 0.05) is 35.7 Å². The Labute approximate surface area is 156 Å². The smallest absolute Gasteiger partial charge is 0.0706 e. The fourth-order valence-electron chi connectivity index (χ4n) is 3.83. The molecule has 2 heterocycles. The average Bonchev–Trinajstić information content (AvgIpc) is 2.70. The van der Waals surface area contributed by atoms with E-state index < -0.39 is 0 Å². The number of piperazine rings is 1. The van der Waals surface area contributed by atoms with Crippen LogP contribution >= 0.6 is 27.5 Å². The third kappa shape index (κ3) is 2.97. The lowest BCUT2D eigenvalue weighted by Crippen LogP contribution is -2.51. The van der Waals surface area contributed by atoms with Crippen LogP contribution in [-0.2, 0) is 0 Å². The summed E-state index contributed by atoms with van der Waals surface area (Å²) in [6, 6.07) is 6.84. The molecule has 1 N–H and O–H groups in total. The molecule has 0 aromatic heterocycles. The molecule has 126 valence electrons. The van der Waals surface area contributed by atoms with Crippen molar-refractivity contribution in [2.24, 2.45) is 0 Å². The second-order valence-electron chi connectivity index (χ2n) is 6.68. The molecule has 4 rings (SSSR count). The summed E-state index contributed by atoms with van der Waals surface area (Å²) in [6.07, 6.45) is 8.57. The van der Waals surface area contributed by atoms with Gasteiger partial charge in [-0.3, -0.25) is 4.90 Å². The summed E-state index contributed by atoms with van der Waals surface area (Å²) in [5.41, 5.74) is 3.84. The Morgan fingerprint density at radius 1 is 1.21 bits per heavy atom. The van der Waals surface area contributed by atoms with Gasteiger partial charge in [-0.25, -0.2) is 0 Å². The Bertz CT molecular complexity index is 732. The maximum atomic E-state index is 6.29. The predicted octanol–water partition coefficient (Wildman–Crippen LogP) is 3.79. The van der Waals surface area contributed by atoms with Gasteiger partial charge in [0.05, 0.1) is 12.1 Å². The van der Waals surface area contributed by atoms with Gasteiger partial charge in [0.25, 0.3) is 0 Å². The molecule has 1 aliphatic carbocycles. The van der Waals surface area contributed by atoms with Crippen molar-refractivity contribution < 1.29 is 0 Å². The lowest BCUT2D eigenvalue weighted by molar-refractivity contribution is 0.0994. The summed E-state index contributed by atoms with van der Waals surface area (Å²) in [5, 5.41) is 4.37. The molecule has 0 saturated carbocycles. The first-order valence-electron chi connectivity index (χ1n) is 8.36. The molecule has 24 heavy (non-hydrogen) atoms. The van der Waals surface area contributed by atoms with Crippen LogP contribution < -0.4 is 5.32 Å². The molecule has 0 radical (unpaired) electrons. The number of allylic oxidation sites excluding steroid dienone is 2. The van der Waals surface area contributed by atoms with Crippen molar-refractivity contribution in [1.29, 1.82) is 0 Å². The number of nitrogens with zero attached hydrogens (tertiary/aromatic N) is 2. The second-order valence-corrected chi connectivity index (χ2v) is 7.97. The Kier molecular flexibility index (Phi) is 4.56. The van der Waals surface area contributed by atoms with Gasteiger partial charge in [-0.15, -0.1) is 0 Å². The van der Waals surface area contributed by atoms with Crippen LogP contribution in [0.3, 0.4) is 0 Å². The van der Waals surface area contributed by atoms with Crippen molar-refractivity contribution in [1.82, 2.24) is 15.1 Å². The first-order valence-corrected chi connectivity index (χ1v) is 9.53. The highest BCUT2D eigenvalue weighted by atomic mass is 79.9. The molecule has 1 unspecified atom stereocenters. The Hall–Kier alpha value is -1.07. The van der Waals surface area contributed by atoms with Gasteiger partial charge in [-0.05, 0) is 54.2 Å². The van der Waals surface area contributed by atoms with Gasteiger partial charge < -0.3 is 10.2 Å². The fourth-order valence-corrected chi connectivity index (χ4v) is 4.61. The minimum absolute atomic E-state index is 0.258. The van der Waals surface area contributed by atoms with Crippen molar-refractivity contribution >= 4 is 32.0 Å². The van der Waals surface area contributed by atoms with E-state index in [0.29, 0.717) is 6.04 Å². The van der Waals surface area contributed by atoms with E-state index in [9.17, 15) is 0 Å². The Morgan fingerprint density at radius 3 is 2.79 bits per heavy atom. The number of hydrogen-bond acceptors (Lipinski definition) is 3. The molecule has 2 atom stereocenters. The summed E-state index contributed by atoms with van der Waals surface area (Å²) in [4.78, 5) is 5.01. The zero-order valence-corrected chi connectivity index (χ0v) is 16.0. The molecule has 0 bridgehead atoms. The molecule has 3 aliphatic rings. The molecular weight excluding hydrogens is 386 g/mol. The largest absolute Gasteiger partial charge is 0.382 e. The maximum absolute atomic E-state index is 6.29. The van der Waals surface area contributed by atoms with Crippen LogP contribution in [0.1, 0.15) is 17.2 Å². The molecule has 5 heteroatoms.